The van der Waals surface area contributed by atoms with Crippen LogP contribution >= 0.6 is 22.6 Å². The lowest BCUT2D eigenvalue weighted by atomic mass is 10.2. The minimum absolute atomic E-state index is 0.311. The van der Waals surface area contributed by atoms with Crippen molar-refractivity contribution < 1.29 is 9.53 Å². The molecular weight excluding hydrogens is 371 g/mol. The van der Waals surface area contributed by atoms with E-state index in [0.29, 0.717) is 11.4 Å². The van der Waals surface area contributed by atoms with E-state index in [0.717, 1.165) is 9.26 Å². The molecule has 1 amide bonds. The molecule has 0 fully saturated rings. The Bertz CT molecular complexity index is 652. The molecule has 1 aromatic carbocycles. The number of hydrogen-bond donors (Lipinski definition) is 1. The van der Waals surface area contributed by atoms with E-state index in [2.05, 4.69) is 15.6 Å². The summed E-state index contributed by atoms with van der Waals surface area (Å²) in [5, 5.41) is 8.03. The summed E-state index contributed by atoms with van der Waals surface area (Å²) in [6.07, 6.45) is 1.54. The van der Waals surface area contributed by atoms with Crippen molar-refractivity contribution in [3.63, 3.8) is 0 Å². The summed E-state index contributed by atoms with van der Waals surface area (Å²) in [4.78, 5) is 11.9. The minimum Gasteiger partial charge on any atom is -0.496 e. The second kappa shape index (κ2) is 6.51. The van der Waals surface area contributed by atoms with Crippen molar-refractivity contribution in [3.8, 4) is 5.75 Å². The second-order valence-corrected chi connectivity index (χ2v) is 5.02. The number of carbonyl (C=O) groups excluding carboxylic acids is 1. The van der Waals surface area contributed by atoms with Gasteiger partial charge in [-0.15, -0.1) is 0 Å². The molecule has 0 aliphatic rings. The molecule has 0 saturated heterocycles. The van der Waals surface area contributed by atoms with E-state index < -0.39 is 0 Å². The normalized spacial score (nSPS) is 10.8. The zero-order valence-electron chi connectivity index (χ0n) is 11.0. The van der Waals surface area contributed by atoms with Crippen LogP contribution in [0.15, 0.2) is 35.4 Å². The number of benzene rings is 1. The highest BCUT2D eigenvalue weighted by Crippen LogP contribution is 2.14. The van der Waals surface area contributed by atoms with Crippen molar-refractivity contribution >= 4 is 34.7 Å². The molecule has 0 saturated carbocycles. The highest BCUT2D eigenvalue weighted by molar-refractivity contribution is 14.1. The second-order valence-electron chi connectivity index (χ2n) is 3.92. The third-order valence-corrected chi connectivity index (χ3v) is 3.12. The number of carbonyl (C=O) groups is 1. The molecule has 7 heteroatoms. The molecule has 1 aromatic heterocycles. The first-order chi connectivity index (χ1) is 9.61. The number of aromatic nitrogens is 2. The van der Waals surface area contributed by atoms with E-state index in [4.69, 9.17) is 4.74 Å². The van der Waals surface area contributed by atoms with E-state index in [1.165, 1.54) is 10.9 Å². The van der Waals surface area contributed by atoms with Crippen LogP contribution in [0.5, 0.6) is 5.75 Å². The predicted octanol–water partition coefficient (Wildman–Crippen LogP) is 1.80. The van der Waals surface area contributed by atoms with Gasteiger partial charge in [0.15, 0.2) is 0 Å². The average molecular weight is 384 g/mol. The number of para-hydroxylation sites is 1. The number of rotatable bonds is 4. The van der Waals surface area contributed by atoms with Crippen LogP contribution in [0.2, 0.25) is 0 Å². The Hall–Kier alpha value is -1.90. The number of hydrogen-bond acceptors (Lipinski definition) is 4. The molecule has 0 aliphatic carbocycles. The van der Waals surface area contributed by atoms with Gasteiger partial charge in [0.2, 0.25) is 0 Å². The first kappa shape index (κ1) is 14.5. The summed E-state index contributed by atoms with van der Waals surface area (Å²) in [5.74, 6) is 0.384. The maximum absolute atomic E-state index is 11.9. The smallest absolute Gasteiger partial charge is 0.289 e. The van der Waals surface area contributed by atoms with Gasteiger partial charge in [-0.2, -0.15) is 10.2 Å². The molecule has 0 spiro atoms. The van der Waals surface area contributed by atoms with E-state index in [1.807, 2.05) is 46.9 Å². The van der Waals surface area contributed by atoms with Gasteiger partial charge in [0.25, 0.3) is 5.91 Å². The monoisotopic (exact) mass is 384 g/mol. The van der Waals surface area contributed by atoms with E-state index in [1.54, 1.807) is 20.2 Å². The number of hydrazone groups is 1. The topological polar surface area (TPSA) is 68.5 Å². The van der Waals surface area contributed by atoms with Gasteiger partial charge in [-0.3, -0.25) is 9.48 Å². The fraction of sp³-hybridized carbons (Fsp3) is 0.154. The summed E-state index contributed by atoms with van der Waals surface area (Å²) in [6.45, 7) is 0. The van der Waals surface area contributed by atoms with Gasteiger partial charge in [-0.25, -0.2) is 5.43 Å². The largest absolute Gasteiger partial charge is 0.496 e. The van der Waals surface area contributed by atoms with Gasteiger partial charge < -0.3 is 4.74 Å². The Balaban J connectivity index is 2.06. The van der Waals surface area contributed by atoms with Crippen molar-refractivity contribution in [1.82, 2.24) is 15.2 Å². The van der Waals surface area contributed by atoms with Crippen LogP contribution in [0.25, 0.3) is 0 Å². The number of amides is 1. The van der Waals surface area contributed by atoms with Crippen LogP contribution in [0.3, 0.4) is 0 Å². The third-order valence-electron chi connectivity index (χ3n) is 2.59. The molecular formula is C13H13IN4O2. The summed E-state index contributed by atoms with van der Waals surface area (Å²) in [6, 6.07) is 9.10. The minimum atomic E-state index is -0.311. The molecule has 0 bridgehead atoms. The molecule has 0 atom stereocenters. The maximum atomic E-state index is 11.9. The fourth-order valence-corrected chi connectivity index (χ4v) is 2.25. The molecule has 1 N–H and O–H groups in total. The number of methoxy groups -OCH3 is 1. The lowest BCUT2D eigenvalue weighted by Gasteiger charge is -2.03. The summed E-state index contributed by atoms with van der Waals surface area (Å²) >= 11 is 2.05. The van der Waals surface area contributed by atoms with Crippen molar-refractivity contribution in [2.75, 3.05) is 7.11 Å². The van der Waals surface area contributed by atoms with E-state index in [-0.39, 0.29) is 5.91 Å². The molecule has 104 valence electrons. The van der Waals surface area contributed by atoms with E-state index in [9.17, 15) is 4.79 Å². The van der Waals surface area contributed by atoms with Crippen LogP contribution in [0, 0.1) is 3.70 Å². The van der Waals surface area contributed by atoms with Gasteiger partial charge in [-0.1, -0.05) is 12.1 Å². The van der Waals surface area contributed by atoms with Crippen molar-refractivity contribution in [3.05, 3.63) is 45.3 Å². The van der Waals surface area contributed by atoms with Gasteiger partial charge in [-0.05, 0) is 34.7 Å². The lowest BCUT2D eigenvalue weighted by Crippen LogP contribution is -2.20. The molecule has 2 rings (SSSR count). The Morgan fingerprint density at radius 1 is 1.50 bits per heavy atom. The molecule has 0 radical (unpaired) electrons. The number of nitrogens with zero attached hydrogens (tertiary/aromatic N) is 3. The Kier molecular flexibility index (Phi) is 4.72. The van der Waals surface area contributed by atoms with Crippen LogP contribution in [-0.4, -0.2) is 29.0 Å². The average Bonchev–Trinajstić information content (AvgIpc) is 2.78. The van der Waals surface area contributed by atoms with Crippen LogP contribution in [0.4, 0.5) is 0 Å². The maximum Gasteiger partial charge on any atom is 0.289 e. The first-order valence-corrected chi connectivity index (χ1v) is 6.85. The van der Waals surface area contributed by atoms with Gasteiger partial charge in [0.1, 0.15) is 15.1 Å². The number of ether oxygens (including phenoxy) is 1. The summed E-state index contributed by atoms with van der Waals surface area (Å²) < 4.78 is 7.45. The van der Waals surface area contributed by atoms with Crippen LogP contribution in [-0.2, 0) is 7.05 Å². The Morgan fingerprint density at radius 2 is 2.25 bits per heavy atom. The van der Waals surface area contributed by atoms with E-state index >= 15 is 0 Å². The van der Waals surface area contributed by atoms with Crippen molar-refractivity contribution in [2.24, 2.45) is 12.1 Å². The quantitative estimate of drug-likeness (QED) is 0.497. The zero-order chi connectivity index (χ0) is 14.5. The van der Waals surface area contributed by atoms with Gasteiger partial charge in [0, 0.05) is 18.7 Å². The summed E-state index contributed by atoms with van der Waals surface area (Å²) in [7, 11) is 3.30. The fourth-order valence-electron chi connectivity index (χ4n) is 1.64. The SMILES string of the molecule is COc1ccccc1C=NNC(=O)c1cc(I)nn1C. The molecule has 20 heavy (non-hydrogen) atoms. The predicted molar refractivity (Wildman–Crippen MR) is 84.0 cm³/mol. The van der Waals surface area contributed by atoms with Crippen LogP contribution in [0.1, 0.15) is 16.1 Å². The van der Waals surface area contributed by atoms with Crippen molar-refractivity contribution in [1.29, 1.82) is 0 Å². The third kappa shape index (κ3) is 3.35. The Labute approximate surface area is 130 Å². The number of nitrogens with one attached hydrogen (secondary N) is 1. The highest BCUT2D eigenvalue weighted by atomic mass is 127. The van der Waals surface area contributed by atoms with Crippen LogP contribution < -0.4 is 10.2 Å². The first-order valence-electron chi connectivity index (χ1n) is 5.78. The van der Waals surface area contributed by atoms with Crippen molar-refractivity contribution in [2.45, 2.75) is 0 Å². The molecule has 6 nitrogen and oxygen atoms in total. The summed E-state index contributed by atoms with van der Waals surface area (Å²) in [5.41, 5.74) is 3.70. The molecule has 2 aromatic rings. The lowest BCUT2D eigenvalue weighted by molar-refractivity contribution is 0.0945. The standard InChI is InChI=1S/C13H13IN4O2/c1-18-10(7-12(14)17-18)13(19)16-15-8-9-5-3-4-6-11(9)20-2/h3-8H,1-2H3,(H,16,19). The highest BCUT2D eigenvalue weighted by Gasteiger charge is 2.11. The van der Waals surface area contributed by atoms with Gasteiger partial charge >= 0.3 is 0 Å². The molecule has 1 heterocycles. The Morgan fingerprint density at radius 3 is 2.90 bits per heavy atom. The number of aryl methyl sites for hydroxylation is 1. The van der Waals surface area contributed by atoms with Gasteiger partial charge in [0.05, 0.1) is 13.3 Å². The zero-order valence-corrected chi connectivity index (χ0v) is 13.2. The number of halogens is 1. The molecule has 0 unspecified atom stereocenters. The molecule has 0 aliphatic heterocycles.